The molecule has 5 rings (SSSR count). The Morgan fingerprint density at radius 2 is 1.86 bits per heavy atom. The predicted molar refractivity (Wildman–Crippen MR) is 143 cm³/mol. The van der Waals surface area contributed by atoms with Gasteiger partial charge in [0, 0.05) is 24.2 Å². The topological polar surface area (TPSA) is 92.8 Å². The third-order valence-electron chi connectivity index (χ3n) is 6.69. The molecule has 0 fully saturated rings. The fourth-order valence-electron chi connectivity index (χ4n) is 4.90. The molecule has 0 aliphatic heterocycles. The summed E-state index contributed by atoms with van der Waals surface area (Å²) in [6, 6.07) is 22.1. The Hall–Kier alpha value is -4.04. The van der Waals surface area contributed by atoms with Crippen LogP contribution in [-0.4, -0.2) is 30.1 Å². The van der Waals surface area contributed by atoms with Crippen LogP contribution in [0.5, 0.6) is 0 Å². The number of hydrogen-bond donors (Lipinski definition) is 1. The van der Waals surface area contributed by atoms with Gasteiger partial charge in [-0.3, -0.25) is 9.69 Å². The van der Waals surface area contributed by atoms with E-state index in [0.717, 1.165) is 34.5 Å². The zero-order valence-electron chi connectivity index (χ0n) is 21.5. The van der Waals surface area contributed by atoms with Gasteiger partial charge >= 0.3 is 0 Å². The van der Waals surface area contributed by atoms with Crippen molar-refractivity contribution in [3.8, 4) is 0 Å². The van der Waals surface area contributed by atoms with Crippen molar-refractivity contribution in [2.45, 2.75) is 52.9 Å². The number of nitrogens with zero attached hydrogens (tertiary/aromatic N) is 5. The average Bonchev–Trinajstić information content (AvgIpc) is 3.56. The Kier molecular flexibility index (Phi) is 7.28. The van der Waals surface area contributed by atoms with Crippen LogP contribution < -0.4 is 5.56 Å². The number of aromatic amines is 1. The van der Waals surface area contributed by atoms with Crippen molar-refractivity contribution in [2.24, 2.45) is 5.92 Å². The van der Waals surface area contributed by atoms with Crippen LogP contribution in [0.3, 0.4) is 0 Å². The van der Waals surface area contributed by atoms with Gasteiger partial charge in [-0.05, 0) is 70.5 Å². The quantitative estimate of drug-likeness (QED) is 0.291. The summed E-state index contributed by atoms with van der Waals surface area (Å²) in [5, 5.41) is 13.8. The van der Waals surface area contributed by atoms with Crippen molar-refractivity contribution in [1.82, 2.24) is 30.1 Å². The van der Waals surface area contributed by atoms with Gasteiger partial charge in [0.1, 0.15) is 5.76 Å². The van der Waals surface area contributed by atoms with Gasteiger partial charge in [0.2, 0.25) is 0 Å². The summed E-state index contributed by atoms with van der Waals surface area (Å²) in [5.41, 5.74) is 3.79. The van der Waals surface area contributed by atoms with E-state index in [2.05, 4.69) is 57.5 Å². The van der Waals surface area contributed by atoms with Gasteiger partial charge in [0.25, 0.3) is 5.56 Å². The molecule has 0 saturated carbocycles. The summed E-state index contributed by atoms with van der Waals surface area (Å²) < 4.78 is 7.60. The summed E-state index contributed by atoms with van der Waals surface area (Å²) in [7, 11) is 0. The lowest BCUT2D eigenvalue weighted by Gasteiger charge is -2.33. The smallest absolute Gasteiger partial charge is 0.252 e. The summed E-state index contributed by atoms with van der Waals surface area (Å²) in [6.07, 6.45) is 2.50. The Bertz CT molecular complexity index is 1500. The van der Waals surface area contributed by atoms with Gasteiger partial charge in [-0.1, -0.05) is 56.3 Å². The Balaban J connectivity index is 1.49. The van der Waals surface area contributed by atoms with Crippen LogP contribution in [0.4, 0.5) is 0 Å². The first-order valence-corrected chi connectivity index (χ1v) is 12.7. The number of nitrogens with one attached hydrogen (secondary N) is 1. The van der Waals surface area contributed by atoms with E-state index in [4.69, 9.17) is 4.42 Å². The maximum absolute atomic E-state index is 13.1. The number of pyridine rings is 1. The van der Waals surface area contributed by atoms with Crippen LogP contribution in [0, 0.1) is 12.8 Å². The van der Waals surface area contributed by atoms with Crippen LogP contribution in [0.2, 0.25) is 0 Å². The molecule has 0 amide bonds. The summed E-state index contributed by atoms with van der Waals surface area (Å²) in [5.74, 6) is 1.78. The monoisotopic (exact) mass is 496 g/mol. The van der Waals surface area contributed by atoms with E-state index in [1.165, 1.54) is 5.56 Å². The first-order valence-electron chi connectivity index (χ1n) is 12.7. The number of aromatic nitrogens is 5. The Morgan fingerprint density at radius 1 is 1.03 bits per heavy atom. The van der Waals surface area contributed by atoms with Crippen molar-refractivity contribution in [3.63, 3.8) is 0 Å². The molecule has 0 saturated heterocycles. The van der Waals surface area contributed by atoms with E-state index in [1.54, 1.807) is 6.26 Å². The number of hydrogen-bond acceptors (Lipinski definition) is 6. The van der Waals surface area contributed by atoms with E-state index >= 15 is 0 Å². The maximum Gasteiger partial charge on any atom is 0.252 e. The minimum atomic E-state index is -0.135. The van der Waals surface area contributed by atoms with Crippen LogP contribution in [0.25, 0.3) is 10.9 Å². The molecule has 0 aliphatic rings. The number of H-pyrrole nitrogens is 1. The van der Waals surface area contributed by atoms with Crippen molar-refractivity contribution in [1.29, 1.82) is 0 Å². The number of rotatable bonds is 10. The zero-order chi connectivity index (χ0) is 25.8. The predicted octanol–water partition coefficient (Wildman–Crippen LogP) is 5.06. The van der Waals surface area contributed by atoms with Gasteiger partial charge in [-0.15, -0.1) is 5.10 Å². The maximum atomic E-state index is 13.1. The standard InChI is InChI=1S/C29H32N6O2/c1-20(2)27(28-31-32-33-35(28)14-13-22-8-5-4-6-9-22)34(19-25-10-7-15-37-25)18-24-17-23-12-11-21(3)16-26(23)30-29(24)36/h4-12,15-17,20,27H,13-14,18-19H2,1-3H3,(H,30,36). The molecule has 1 unspecified atom stereocenters. The van der Waals surface area contributed by atoms with Gasteiger partial charge in [0.15, 0.2) is 5.82 Å². The molecule has 3 aromatic heterocycles. The lowest BCUT2D eigenvalue weighted by atomic mass is 10.00. The molecule has 1 N–H and O–H groups in total. The molecule has 0 aliphatic carbocycles. The second-order valence-electron chi connectivity index (χ2n) is 9.88. The highest BCUT2D eigenvalue weighted by Gasteiger charge is 2.30. The van der Waals surface area contributed by atoms with Crippen LogP contribution >= 0.6 is 0 Å². The molecule has 1 atom stereocenters. The Morgan fingerprint density at radius 3 is 2.62 bits per heavy atom. The molecular weight excluding hydrogens is 464 g/mol. The average molecular weight is 497 g/mol. The summed E-state index contributed by atoms with van der Waals surface area (Å²) in [4.78, 5) is 18.4. The molecule has 0 radical (unpaired) electrons. The van der Waals surface area contributed by atoms with Crippen molar-refractivity contribution in [2.75, 3.05) is 0 Å². The highest BCUT2D eigenvalue weighted by molar-refractivity contribution is 5.79. The highest BCUT2D eigenvalue weighted by atomic mass is 16.3. The molecular formula is C29H32N6O2. The first kappa shape index (κ1) is 24.6. The lowest BCUT2D eigenvalue weighted by molar-refractivity contribution is 0.116. The fourth-order valence-corrected chi connectivity index (χ4v) is 4.90. The second kappa shape index (κ2) is 10.9. The zero-order valence-corrected chi connectivity index (χ0v) is 21.5. The van der Waals surface area contributed by atoms with E-state index in [1.807, 2.05) is 60.1 Å². The molecule has 2 aromatic carbocycles. The lowest BCUT2D eigenvalue weighted by Crippen LogP contribution is -2.35. The van der Waals surface area contributed by atoms with E-state index in [9.17, 15) is 4.79 Å². The van der Waals surface area contributed by atoms with Gasteiger partial charge in [-0.25, -0.2) is 4.68 Å². The first-order chi connectivity index (χ1) is 18.0. The third-order valence-corrected chi connectivity index (χ3v) is 6.69. The number of furan rings is 1. The molecule has 8 heteroatoms. The number of benzene rings is 2. The number of tetrazole rings is 1. The Labute approximate surface area is 215 Å². The van der Waals surface area contributed by atoms with Gasteiger partial charge in [0.05, 0.1) is 18.8 Å². The van der Waals surface area contributed by atoms with Crippen molar-refractivity contribution >= 4 is 10.9 Å². The van der Waals surface area contributed by atoms with Crippen LogP contribution in [0.1, 0.15) is 48.2 Å². The second-order valence-corrected chi connectivity index (χ2v) is 9.88. The molecule has 8 nitrogen and oxygen atoms in total. The van der Waals surface area contributed by atoms with E-state index in [0.29, 0.717) is 25.2 Å². The van der Waals surface area contributed by atoms with Crippen molar-refractivity contribution < 1.29 is 4.42 Å². The minimum absolute atomic E-state index is 0.0891. The number of fused-ring (bicyclic) bond motifs is 1. The van der Waals surface area contributed by atoms with Gasteiger partial charge in [-0.2, -0.15) is 0 Å². The molecule has 0 spiro atoms. The molecule has 3 heterocycles. The molecule has 0 bridgehead atoms. The van der Waals surface area contributed by atoms with E-state index in [-0.39, 0.29) is 17.5 Å². The van der Waals surface area contributed by atoms with Crippen LogP contribution in [-0.2, 0) is 26.1 Å². The summed E-state index contributed by atoms with van der Waals surface area (Å²) in [6.45, 7) is 7.94. The minimum Gasteiger partial charge on any atom is -0.468 e. The normalized spacial score (nSPS) is 12.6. The number of aryl methyl sites for hydroxylation is 3. The largest absolute Gasteiger partial charge is 0.468 e. The van der Waals surface area contributed by atoms with E-state index < -0.39 is 0 Å². The van der Waals surface area contributed by atoms with Crippen LogP contribution in [0.15, 0.2) is 82.2 Å². The fraction of sp³-hybridized carbons (Fsp3) is 0.310. The van der Waals surface area contributed by atoms with Crippen molar-refractivity contribution in [3.05, 3.63) is 112 Å². The highest BCUT2D eigenvalue weighted by Crippen LogP contribution is 2.30. The molecule has 5 aromatic rings. The summed E-state index contributed by atoms with van der Waals surface area (Å²) >= 11 is 0. The SMILES string of the molecule is Cc1ccc2cc(CN(Cc3ccco3)C(c3nnnn3CCc3ccccc3)C(C)C)c(=O)[nH]c2c1. The van der Waals surface area contributed by atoms with Gasteiger partial charge < -0.3 is 9.40 Å². The molecule has 190 valence electrons. The third kappa shape index (κ3) is 5.70. The molecule has 37 heavy (non-hydrogen) atoms.